The van der Waals surface area contributed by atoms with Crippen molar-refractivity contribution < 1.29 is 9.53 Å². The van der Waals surface area contributed by atoms with E-state index >= 15 is 0 Å². The molecule has 0 N–H and O–H groups in total. The van der Waals surface area contributed by atoms with Crippen LogP contribution in [-0.2, 0) is 9.53 Å². The highest BCUT2D eigenvalue weighted by Crippen LogP contribution is 2.23. The van der Waals surface area contributed by atoms with Crippen LogP contribution in [0.1, 0.15) is 44.9 Å². The van der Waals surface area contributed by atoms with Crippen molar-refractivity contribution in [2.75, 3.05) is 13.7 Å². The molecule has 1 unspecified atom stereocenters. The number of carbonyl (C=O) groups is 1. The number of ether oxygens (including phenoxy) is 1. The Balaban J connectivity index is 1.87. The summed E-state index contributed by atoms with van der Waals surface area (Å²) in [4.78, 5) is 14.0. The number of hydrogen-bond donors (Lipinski definition) is 0. The highest BCUT2D eigenvalue weighted by molar-refractivity contribution is 5.81. The maximum Gasteiger partial charge on any atom is 0.251 e. The lowest BCUT2D eigenvalue weighted by molar-refractivity contribution is -0.142. The third-order valence-electron chi connectivity index (χ3n) is 3.68. The summed E-state index contributed by atoms with van der Waals surface area (Å²) in [5.41, 5.74) is 0. The molecule has 0 spiro atoms. The van der Waals surface area contributed by atoms with Crippen LogP contribution in [0.4, 0.5) is 0 Å². The van der Waals surface area contributed by atoms with E-state index in [4.69, 9.17) is 4.74 Å². The molecule has 2 rings (SSSR count). The second kappa shape index (κ2) is 4.97. The molecule has 1 atom stereocenters. The van der Waals surface area contributed by atoms with Gasteiger partial charge in [0.25, 0.3) is 5.91 Å². The summed E-state index contributed by atoms with van der Waals surface area (Å²) in [5.74, 6) is 0.208. The van der Waals surface area contributed by atoms with Crippen molar-refractivity contribution in [3.63, 3.8) is 0 Å². The molecular formula is C12H21NO2. The fraction of sp³-hybridized carbons (Fsp3) is 0.917. The number of nitrogens with zero attached hydrogens (tertiary/aromatic N) is 1. The third kappa shape index (κ3) is 2.51. The van der Waals surface area contributed by atoms with Gasteiger partial charge in [-0.3, -0.25) is 4.79 Å². The monoisotopic (exact) mass is 211 g/mol. The molecule has 1 saturated heterocycles. The minimum absolute atomic E-state index is 0.142. The SMILES string of the molecule is CN(C(=O)C1CCCO1)C1CCCCC1. The maximum atomic E-state index is 12.0. The molecule has 0 aromatic heterocycles. The smallest absolute Gasteiger partial charge is 0.251 e. The molecular weight excluding hydrogens is 190 g/mol. The van der Waals surface area contributed by atoms with Crippen molar-refractivity contribution in [2.45, 2.75) is 57.1 Å². The van der Waals surface area contributed by atoms with E-state index in [1.807, 2.05) is 11.9 Å². The molecule has 2 fully saturated rings. The number of amides is 1. The average Bonchev–Trinajstić information content (AvgIpc) is 2.82. The Bertz CT molecular complexity index is 218. The van der Waals surface area contributed by atoms with Crippen molar-refractivity contribution in [1.29, 1.82) is 0 Å². The standard InChI is InChI=1S/C12H21NO2/c1-13(10-6-3-2-4-7-10)12(14)11-8-5-9-15-11/h10-11H,2-9H2,1H3. The maximum absolute atomic E-state index is 12.0. The molecule has 1 saturated carbocycles. The molecule has 0 bridgehead atoms. The van der Waals surface area contributed by atoms with E-state index in [9.17, 15) is 4.79 Å². The van der Waals surface area contributed by atoms with Gasteiger partial charge in [-0.1, -0.05) is 19.3 Å². The first-order chi connectivity index (χ1) is 7.29. The lowest BCUT2D eigenvalue weighted by Gasteiger charge is -2.32. The number of carbonyl (C=O) groups excluding carboxylic acids is 1. The van der Waals surface area contributed by atoms with Crippen LogP contribution in [-0.4, -0.2) is 36.6 Å². The van der Waals surface area contributed by atoms with Gasteiger partial charge < -0.3 is 9.64 Å². The van der Waals surface area contributed by atoms with Gasteiger partial charge in [0.1, 0.15) is 6.10 Å². The second-order valence-corrected chi connectivity index (χ2v) is 4.74. The van der Waals surface area contributed by atoms with E-state index in [1.165, 1.54) is 32.1 Å². The van der Waals surface area contributed by atoms with Crippen molar-refractivity contribution in [3.8, 4) is 0 Å². The Morgan fingerprint density at radius 1 is 1.13 bits per heavy atom. The molecule has 1 aliphatic carbocycles. The fourth-order valence-electron chi connectivity index (χ4n) is 2.65. The van der Waals surface area contributed by atoms with Gasteiger partial charge in [-0.05, 0) is 25.7 Å². The summed E-state index contributed by atoms with van der Waals surface area (Å²) in [6.07, 6.45) is 8.03. The van der Waals surface area contributed by atoms with Crippen molar-refractivity contribution in [2.24, 2.45) is 0 Å². The summed E-state index contributed by atoms with van der Waals surface area (Å²) < 4.78 is 5.44. The van der Waals surface area contributed by atoms with Crippen LogP contribution in [0, 0.1) is 0 Å². The fourth-order valence-corrected chi connectivity index (χ4v) is 2.65. The lowest BCUT2D eigenvalue weighted by Crippen LogP contribution is -2.43. The Labute approximate surface area is 91.8 Å². The Kier molecular flexibility index (Phi) is 3.62. The molecule has 0 aromatic carbocycles. The lowest BCUT2D eigenvalue weighted by atomic mass is 9.94. The Morgan fingerprint density at radius 2 is 1.87 bits per heavy atom. The van der Waals surface area contributed by atoms with Crippen LogP contribution < -0.4 is 0 Å². The Hall–Kier alpha value is -0.570. The minimum Gasteiger partial charge on any atom is -0.368 e. The van der Waals surface area contributed by atoms with Crippen LogP contribution in [0.3, 0.4) is 0 Å². The predicted octanol–water partition coefficient (Wildman–Crippen LogP) is 1.96. The highest BCUT2D eigenvalue weighted by Gasteiger charge is 2.30. The number of hydrogen-bond acceptors (Lipinski definition) is 2. The normalized spacial score (nSPS) is 27.9. The molecule has 2 aliphatic rings. The Morgan fingerprint density at radius 3 is 2.47 bits per heavy atom. The molecule has 0 radical (unpaired) electrons. The van der Waals surface area contributed by atoms with Gasteiger partial charge in [0.2, 0.25) is 0 Å². The molecule has 86 valence electrons. The molecule has 3 heteroatoms. The van der Waals surface area contributed by atoms with Crippen molar-refractivity contribution >= 4 is 5.91 Å². The van der Waals surface area contributed by atoms with Crippen LogP contribution in [0.25, 0.3) is 0 Å². The molecule has 1 aliphatic heterocycles. The van der Waals surface area contributed by atoms with Crippen molar-refractivity contribution in [3.05, 3.63) is 0 Å². The summed E-state index contributed by atoms with van der Waals surface area (Å²) >= 11 is 0. The van der Waals surface area contributed by atoms with E-state index in [1.54, 1.807) is 0 Å². The van der Waals surface area contributed by atoms with Crippen LogP contribution in [0.2, 0.25) is 0 Å². The largest absolute Gasteiger partial charge is 0.368 e. The van der Waals surface area contributed by atoms with Gasteiger partial charge in [0.05, 0.1) is 0 Å². The van der Waals surface area contributed by atoms with Gasteiger partial charge >= 0.3 is 0 Å². The molecule has 15 heavy (non-hydrogen) atoms. The molecule has 1 heterocycles. The summed E-state index contributed by atoms with van der Waals surface area (Å²) in [6.45, 7) is 0.759. The van der Waals surface area contributed by atoms with Crippen LogP contribution in [0.15, 0.2) is 0 Å². The first-order valence-electron chi connectivity index (χ1n) is 6.17. The van der Waals surface area contributed by atoms with Crippen LogP contribution >= 0.6 is 0 Å². The molecule has 1 amide bonds. The summed E-state index contributed by atoms with van der Waals surface area (Å²) in [6, 6.07) is 0.468. The van der Waals surface area contributed by atoms with Crippen molar-refractivity contribution in [1.82, 2.24) is 4.90 Å². The topological polar surface area (TPSA) is 29.5 Å². The zero-order chi connectivity index (χ0) is 10.7. The quantitative estimate of drug-likeness (QED) is 0.698. The van der Waals surface area contributed by atoms with E-state index in [-0.39, 0.29) is 12.0 Å². The zero-order valence-corrected chi connectivity index (χ0v) is 9.58. The summed E-state index contributed by atoms with van der Waals surface area (Å²) in [5, 5.41) is 0. The number of rotatable bonds is 2. The van der Waals surface area contributed by atoms with E-state index in [0.29, 0.717) is 6.04 Å². The van der Waals surface area contributed by atoms with Gasteiger partial charge in [-0.2, -0.15) is 0 Å². The van der Waals surface area contributed by atoms with E-state index < -0.39 is 0 Å². The molecule has 3 nitrogen and oxygen atoms in total. The van der Waals surface area contributed by atoms with E-state index in [2.05, 4.69) is 0 Å². The third-order valence-corrected chi connectivity index (χ3v) is 3.68. The first-order valence-corrected chi connectivity index (χ1v) is 6.17. The zero-order valence-electron chi connectivity index (χ0n) is 9.58. The highest BCUT2D eigenvalue weighted by atomic mass is 16.5. The van der Waals surface area contributed by atoms with Gasteiger partial charge in [-0.15, -0.1) is 0 Å². The van der Waals surface area contributed by atoms with Gasteiger partial charge in [-0.25, -0.2) is 0 Å². The molecule has 0 aromatic rings. The van der Waals surface area contributed by atoms with Gasteiger partial charge in [0, 0.05) is 19.7 Å². The first kappa shape index (κ1) is 10.9. The van der Waals surface area contributed by atoms with E-state index in [0.717, 1.165) is 19.4 Å². The van der Waals surface area contributed by atoms with Gasteiger partial charge in [0.15, 0.2) is 0 Å². The predicted molar refractivity (Wildman–Crippen MR) is 58.6 cm³/mol. The second-order valence-electron chi connectivity index (χ2n) is 4.74. The summed E-state index contributed by atoms with van der Waals surface area (Å²) in [7, 11) is 1.94. The van der Waals surface area contributed by atoms with Crippen LogP contribution in [0.5, 0.6) is 0 Å². The number of likely N-dealkylation sites (N-methyl/N-ethyl adjacent to an activating group) is 1. The average molecular weight is 211 g/mol. The minimum atomic E-state index is -0.142.